The summed E-state index contributed by atoms with van der Waals surface area (Å²) in [5.74, 6) is 0. The number of hydrogen-bond donors (Lipinski definition) is 1. The second-order valence-electron chi connectivity index (χ2n) is 4.76. The normalized spacial score (nSPS) is 12.8. The molecule has 0 aliphatic carbocycles. The van der Waals surface area contributed by atoms with Crippen molar-refractivity contribution in [2.45, 2.75) is 13.0 Å². The third kappa shape index (κ3) is 1.97. The van der Waals surface area contributed by atoms with Gasteiger partial charge in [-0.15, -0.1) is 0 Å². The molecular weight excluding hydrogens is 274 g/mol. The number of halogens is 1. The summed E-state index contributed by atoms with van der Waals surface area (Å²) in [4.78, 5) is 4.10. The van der Waals surface area contributed by atoms with Gasteiger partial charge in [-0.1, -0.05) is 29.8 Å². The minimum atomic E-state index is -0.803. The predicted molar refractivity (Wildman–Crippen MR) is 78.8 cm³/mol. The highest BCUT2D eigenvalue weighted by molar-refractivity contribution is 6.30. The molecule has 0 aliphatic rings. The van der Waals surface area contributed by atoms with E-state index < -0.39 is 6.10 Å². The Hall–Kier alpha value is -1.91. The summed E-state index contributed by atoms with van der Waals surface area (Å²) >= 11 is 6.24. The summed E-state index contributed by atoms with van der Waals surface area (Å²) in [5.41, 5.74) is 2.19. The van der Waals surface area contributed by atoms with Crippen LogP contribution in [-0.2, 0) is 7.05 Å². The minimum Gasteiger partial charge on any atom is -0.383 e. The number of benzene rings is 1. The average Bonchev–Trinajstić information content (AvgIpc) is 2.71. The molecule has 3 rings (SSSR count). The Balaban J connectivity index is 2.20. The van der Waals surface area contributed by atoms with Gasteiger partial charge in [0.2, 0.25) is 0 Å². The van der Waals surface area contributed by atoms with Crippen LogP contribution < -0.4 is 0 Å². The molecule has 3 aromatic rings. The van der Waals surface area contributed by atoms with Crippen molar-refractivity contribution in [1.29, 1.82) is 0 Å². The summed E-state index contributed by atoms with van der Waals surface area (Å²) in [7, 11) is 1.76. The molecule has 1 N–H and O–H groups in total. The fourth-order valence-electron chi connectivity index (χ4n) is 2.50. The zero-order valence-corrected chi connectivity index (χ0v) is 12.0. The lowest BCUT2D eigenvalue weighted by Crippen LogP contribution is -2.02. The predicted octanol–water partition coefficient (Wildman–Crippen LogP) is 3.01. The number of pyridine rings is 1. The van der Waals surface area contributed by atoms with E-state index in [0.29, 0.717) is 10.7 Å². The third-order valence-electron chi connectivity index (χ3n) is 3.48. The molecule has 0 spiro atoms. The zero-order chi connectivity index (χ0) is 14.3. The molecule has 1 atom stereocenters. The first-order chi connectivity index (χ1) is 9.59. The zero-order valence-electron chi connectivity index (χ0n) is 11.2. The van der Waals surface area contributed by atoms with Crippen molar-refractivity contribution >= 4 is 22.4 Å². The maximum atomic E-state index is 10.7. The Morgan fingerprint density at radius 2 is 2.10 bits per heavy atom. The van der Waals surface area contributed by atoms with E-state index in [4.69, 9.17) is 11.6 Å². The Morgan fingerprint density at radius 3 is 2.80 bits per heavy atom. The van der Waals surface area contributed by atoms with Crippen LogP contribution >= 0.6 is 11.6 Å². The topological polar surface area (TPSA) is 50.9 Å². The van der Waals surface area contributed by atoms with Gasteiger partial charge >= 0.3 is 0 Å². The lowest BCUT2D eigenvalue weighted by atomic mass is 9.97. The second-order valence-corrected chi connectivity index (χ2v) is 5.12. The molecule has 0 fully saturated rings. The molecule has 0 saturated carbocycles. The van der Waals surface area contributed by atoms with E-state index in [1.807, 2.05) is 31.2 Å². The molecule has 0 aliphatic heterocycles. The quantitative estimate of drug-likeness (QED) is 0.788. The molecule has 2 heterocycles. The van der Waals surface area contributed by atoms with Gasteiger partial charge in [0.05, 0.1) is 5.69 Å². The molecule has 0 radical (unpaired) electrons. The highest BCUT2D eigenvalue weighted by Gasteiger charge is 2.22. The van der Waals surface area contributed by atoms with Crippen LogP contribution in [0.1, 0.15) is 22.9 Å². The first-order valence-corrected chi connectivity index (χ1v) is 6.67. The number of aliphatic hydroxyl groups is 1. The van der Waals surface area contributed by atoms with E-state index >= 15 is 0 Å². The van der Waals surface area contributed by atoms with Crippen LogP contribution in [0.5, 0.6) is 0 Å². The molecule has 5 heteroatoms. The molecule has 0 saturated heterocycles. The van der Waals surface area contributed by atoms with Crippen LogP contribution in [0.25, 0.3) is 10.8 Å². The van der Waals surface area contributed by atoms with Crippen LogP contribution in [0.15, 0.2) is 36.7 Å². The fourth-order valence-corrected chi connectivity index (χ4v) is 2.78. The van der Waals surface area contributed by atoms with Crippen molar-refractivity contribution in [2.24, 2.45) is 7.05 Å². The van der Waals surface area contributed by atoms with Crippen LogP contribution in [0.2, 0.25) is 5.15 Å². The molecule has 1 aromatic carbocycles. The van der Waals surface area contributed by atoms with Crippen molar-refractivity contribution < 1.29 is 5.11 Å². The fraction of sp³-hybridized carbons (Fsp3) is 0.200. The van der Waals surface area contributed by atoms with Gasteiger partial charge in [-0.2, -0.15) is 5.10 Å². The smallest absolute Gasteiger partial charge is 0.133 e. The van der Waals surface area contributed by atoms with Gasteiger partial charge in [-0.05, 0) is 23.9 Å². The maximum absolute atomic E-state index is 10.7. The molecule has 20 heavy (non-hydrogen) atoms. The maximum Gasteiger partial charge on any atom is 0.133 e. The number of hydrogen-bond acceptors (Lipinski definition) is 3. The van der Waals surface area contributed by atoms with Crippen LogP contribution in [0.3, 0.4) is 0 Å². The van der Waals surface area contributed by atoms with E-state index in [-0.39, 0.29) is 0 Å². The number of aliphatic hydroxyl groups excluding tert-OH is 1. The van der Waals surface area contributed by atoms with Crippen LogP contribution in [-0.4, -0.2) is 19.9 Å². The van der Waals surface area contributed by atoms with Gasteiger partial charge in [0.1, 0.15) is 11.3 Å². The largest absolute Gasteiger partial charge is 0.383 e. The van der Waals surface area contributed by atoms with Gasteiger partial charge in [0.25, 0.3) is 0 Å². The third-order valence-corrected chi connectivity index (χ3v) is 3.93. The van der Waals surface area contributed by atoms with Crippen molar-refractivity contribution in [3.05, 3.63) is 58.6 Å². The Bertz CT molecular complexity index is 777. The second kappa shape index (κ2) is 4.89. The standard InChI is InChI=1S/C15H14ClN3O/c1-9-13(15(16)19(2)18-9)14(20)12-5-3-4-10-8-17-7-6-11(10)12/h3-8,14,20H,1-2H3. The van der Waals surface area contributed by atoms with Gasteiger partial charge in [0.15, 0.2) is 0 Å². The Morgan fingerprint density at radius 1 is 1.30 bits per heavy atom. The van der Waals surface area contributed by atoms with Crippen molar-refractivity contribution in [3.63, 3.8) is 0 Å². The first kappa shape index (κ1) is 13.1. The molecule has 0 amide bonds. The van der Waals surface area contributed by atoms with Crippen molar-refractivity contribution in [1.82, 2.24) is 14.8 Å². The summed E-state index contributed by atoms with van der Waals surface area (Å²) < 4.78 is 1.57. The number of aryl methyl sites for hydroxylation is 2. The lowest BCUT2D eigenvalue weighted by Gasteiger charge is -2.13. The Kier molecular flexibility index (Phi) is 3.20. The van der Waals surface area contributed by atoms with Crippen molar-refractivity contribution in [2.75, 3.05) is 0 Å². The molecule has 4 nitrogen and oxygen atoms in total. The van der Waals surface area contributed by atoms with Crippen LogP contribution in [0, 0.1) is 6.92 Å². The highest BCUT2D eigenvalue weighted by Crippen LogP contribution is 2.33. The molecule has 0 bridgehead atoms. The van der Waals surface area contributed by atoms with E-state index in [0.717, 1.165) is 22.0 Å². The number of nitrogens with zero attached hydrogens (tertiary/aromatic N) is 3. The van der Waals surface area contributed by atoms with E-state index in [9.17, 15) is 5.11 Å². The lowest BCUT2D eigenvalue weighted by molar-refractivity contribution is 0.221. The van der Waals surface area contributed by atoms with E-state index in [1.54, 1.807) is 24.1 Å². The highest BCUT2D eigenvalue weighted by atomic mass is 35.5. The van der Waals surface area contributed by atoms with Crippen LogP contribution in [0.4, 0.5) is 0 Å². The van der Waals surface area contributed by atoms with Gasteiger partial charge in [0, 0.05) is 30.4 Å². The van der Waals surface area contributed by atoms with Gasteiger partial charge in [-0.25, -0.2) is 0 Å². The molecule has 2 aromatic heterocycles. The summed E-state index contributed by atoms with van der Waals surface area (Å²) in [6, 6.07) is 7.67. The van der Waals surface area contributed by atoms with E-state index in [1.165, 1.54) is 0 Å². The van der Waals surface area contributed by atoms with Crippen molar-refractivity contribution in [3.8, 4) is 0 Å². The SMILES string of the molecule is Cc1nn(C)c(Cl)c1C(O)c1cccc2cnccc12. The summed E-state index contributed by atoms with van der Waals surface area (Å²) in [5, 5.41) is 17.4. The molecular formula is C15H14ClN3O. The molecule has 102 valence electrons. The van der Waals surface area contributed by atoms with E-state index in [2.05, 4.69) is 10.1 Å². The monoisotopic (exact) mass is 287 g/mol. The minimum absolute atomic E-state index is 0.459. The molecule has 1 unspecified atom stereocenters. The average molecular weight is 288 g/mol. The number of rotatable bonds is 2. The van der Waals surface area contributed by atoms with Gasteiger partial charge < -0.3 is 5.11 Å². The first-order valence-electron chi connectivity index (χ1n) is 6.29. The summed E-state index contributed by atoms with van der Waals surface area (Å²) in [6.45, 7) is 1.84. The summed E-state index contributed by atoms with van der Waals surface area (Å²) in [6.07, 6.45) is 2.70. The number of aromatic nitrogens is 3. The Labute approximate surface area is 121 Å². The van der Waals surface area contributed by atoms with Gasteiger partial charge in [-0.3, -0.25) is 9.67 Å². The number of fused-ring (bicyclic) bond motifs is 1.